The zero-order chi connectivity index (χ0) is 25.6. The molecule has 5 rings (SSSR count). The van der Waals surface area contributed by atoms with Gasteiger partial charge in [0.05, 0.1) is 0 Å². The number of hydrogen-bond acceptors (Lipinski definition) is 3. The fraction of sp³-hybridized carbons (Fsp3) is 0.212. The van der Waals surface area contributed by atoms with Gasteiger partial charge in [-0.3, -0.25) is 9.59 Å². The van der Waals surface area contributed by atoms with Crippen molar-refractivity contribution in [1.82, 2.24) is 0 Å². The average molecular weight is 491 g/mol. The molecule has 0 saturated carbocycles. The maximum atomic E-state index is 13.8. The van der Waals surface area contributed by atoms with Gasteiger partial charge in [-0.25, -0.2) is 0 Å². The third-order valence-corrected chi connectivity index (χ3v) is 8.44. The van der Waals surface area contributed by atoms with Crippen LogP contribution in [0.4, 0.5) is 0 Å². The van der Waals surface area contributed by atoms with E-state index < -0.39 is 5.41 Å². The van der Waals surface area contributed by atoms with Crippen molar-refractivity contribution >= 4 is 37.3 Å². The normalized spacial score (nSPS) is 11.9. The predicted molar refractivity (Wildman–Crippen MR) is 153 cm³/mol. The Labute approximate surface area is 216 Å². The molecule has 180 valence electrons. The summed E-state index contributed by atoms with van der Waals surface area (Å²) in [5, 5.41) is 1.41. The highest BCUT2D eigenvalue weighted by Crippen LogP contribution is 2.42. The number of rotatable bonds is 5. The molecule has 3 heteroatoms. The minimum atomic E-state index is -1.01. The summed E-state index contributed by atoms with van der Waals surface area (Å²) in [6.45, 7) is 10.0. The van der Waals surface area contributed by atoms with Crippen molar-refractivity contribution in [2.45, 2.75) is 46.0 Å². The zero-order valence-electron chi connectivity index (χ0n) is 21.4. The lowest BCUT2D eigenvalue weighted by atomic mass is 9.66. The van der Waals surface area contributed by atoms with E-state index in [0.717, 1.165) is 48.2 Å². The fourth-order valence-electron chi connectivity index (χ4n) is 5.18. The third kappa shape index (κ3) is 3.88. The number of Topliss-reactive ketones (excluding diaryl/α,β-unsaturated/α-hetero) is 1. The highest BCUT2D eigenvalue weighted by molar-refractivity contribution is 7.24. The quantitative estimate of drug-likeness (QED) is 0.184. The Kier molecular flexibility index (Phi) is 6.13. The number of hydrogen-bond donors (Lipinski definition) is 0. The van der Waals surface area contributed by atoms with E-state index >= 15 is 0 Å². The predicted octanol–water partition coefficient (Wildman–Crippen LogP) is 8.08. The van der Waals surface area contributed by atoms with E-state index in [0.29, 0.717) is 11.3 Å². The molecule has 0 spiro atoms. The average Bonchev–Trinajstić information content (AvgIpc) is 2.86. The van der Waals surface area contributed by atoms with Gasteiger partial charge in [-0.2, -0.15) is 0 Å². The van der Waals surface area contributed by atoms with Gasteiger partial charge in [0.1, 0.15) is 11.2 Å². The highest BCUT2D eigenvalue weighted by atomic mass is 32.1. The molecule has 2 nitrogen and oxygen atoms in total. The van der Waals surface area contributed by atoms with Gasteiger partial charge in [0.25, 0.3) is 0 Å². The van der Waals surface area contributed by atoms with Crippen LogP contribution < -0.4 is 5.43 Å². The number of fused-ring (bicyclic) bond motifs is 2. The SMILES string of the molecule is CC(=O)C(c1ccc(C)cc1)(c1ccc(C)cc1)c1ccc2sc3ccc(C(C)C)cc3c(=O)c2c1. The van der Waals surface area contributed by atoms with Gasteiger partial charge >= 0.3 is 0 Å². The van der Waals surface area contributed by atoms with E-state index in [1.165, 1.54) is 0 Å². The van der Waals surface area contributed by atoms with Gasteiger partial charge in [0, 0.05) is 20.2 Å². The van der Waals surface area contributed by atoms with Crippen LogP contribution in [0.2, 0.25) is 0 Å². The van der Waals surface area contributed by atoms with Crippen molar-refractivity contribution in [2.75, 3.05) is 0 Å². The minimum absolute atomic E-state index is 0.0216. The Morgan fingerprint density at radius 1 is 0.694 bits per heavy atom. The number of carbonyl (C=O) groups excluding carboxylic acids is 1. The molecular formula is C33H30O2S. The van der Waals surface area contributed by atoms with Crippen molar-refractivity contribution < 1.29 is 4.79 Å². The summed E-state index contributed by atoms with van der Waals surface area (Å²) in [6, 6.07) is 28.5. The van der Waals surface area contributed by atoms with Gasteiger partial charge in [-0.05, 0) is 73.2 Å². The molecule has 0 unspecified atom stereocenters. The fourth-order valence-corrected chi connectivity index (χ4v) is 6.22. The topological polar surface area (TPSA) is 34.1 Å². The van der Waals surface area contributed by atoms with E-state index in [-0.39, 0.29) is 11.2 Å². The molecule has 36 heavy (non-hydrogen) atoms. The van der Waals surface area contributed by atoms with Crippen molar-refractivity contribution in [3.05, 3.63) is 129 Å². The van der Waals surface area contributed by atoms with Gasteiger partial charge in [-0.1, -0.05) is 85.6 Å². The second-order valence-corrected chi connectivity index (χ2v) is 11.2. The lowest BCUT2D eigenvalue weighted by Gasteiger charge is -2.34. The summed E-state index contributed by atoms with van der Waals surface area (Å²) in [5.74, 6) is 0.364. The standard InChI is InChI=1S/C33H30O2S/c1-20(2)24-10-16-30-28(18-24)32(35)29-19-27(15-17-31(29)36-30)33(23(5)34,25-11-6-21(3)7-12-25)26-13-8-22(4)9-14-26/h6-20H,1-5H3. The minimum Gasteiger partial charge on any atom is -0.298 e. The Bertz CT molecular complexity index is 1610. The molecule has 0 radical (unpaired) electrons. The van der Waals surface area contributed by atoms with Gasteiger partial charge in [-0.15, -0.1) is 11.3 Å². The van der Waals surface area contributed by atoms with E-state index in [1.807, 2.05) is 86.6 Å². The largest absolute Gasteiger partial charge is 0.298 e. The third-order valence-electron chi connectivity index (χ3n) is 7.29. The Morgan fingerprint density at radius 2 is 1.17 bits per heavy atom. The summed E-state index contributed by atoms with van der Waals surface area (Å²) in [4.78, 5) is 27.5. The molecule has 0 N–H and O–H groups in total. The van der Waals surface area contributed by atoms with Crippen LogP contribution in [-0.2, 0) is 10.2 Å². The monoisotopic (exact) mass is 490 g/mol. The van der Waals surface area contributed by atoms with Crippen molar-refractivity contribution in [3.63, 3.8) is 0 Å². The van der Waals surface area contributed by atoms with E-state index in [9.17, 15) is 9.59 Å². The van der Waals surface area contributed by atoms with Crippen molar-refractivity contribution in [2.24, 2.45) is 0 Å². The van der Waals surface area contributed by atoms with Gasteiger partial charge in [0.2, 0.25) is 0 Å². The molecule has 4 aromatic carbocycles. The molecule has 0 fully saturated rings. The van der Waals surface area contributed by atoms with Crippen LogP contribution in [0.15, 0.2) is 89.7 Å². The van der Waals surface area contributed by atoms with E-state index in [1.54, 1.807) is 18.3 Å². The number of carbonyl (C=O) groups is 1. The first-order valence-electron chi connectivity index (χ1n) is 12.4. The zero-order valence-corrected chi connectivity index (χ0v) is 22.2. The van der Waals surface area contributed by atoms with Gasteiger partial charge < -0.3 is 0 Å². The van der Waals surface area contributed by atoms with Gasteiger partial charge in [0.15, 0.2) is 5.43 Å². The Balaban J connectivity index is 1.85. The first kappa shape index (κ1) is 24.1. The lowest BCUT2D eigenvalue weighted by Crippen LogP contribution is -2.37. The molecular weight excluding hydrogens is 460 g/mol. The maximum Gasteiger partial charge on any atom is 0.195 e. The second-order valence-electron chi connectivity index (χ2n) is 10.1. The maximum absolute atomic E-state index is 13.8. The van der Waals surface area contributed by atoms with E-state index in [4.69, 9.17) is 0 Å². The molecule has 5 aromatic rings. The smallest absolute Gasteiger partial charge is 0.195 e. The number of ketones is 1. The molecule has 1 aromatic heterocycles. The number of aryl methyl sites for hydroxylation is 2. The highest BCUT2D eigenvalue weighted by Gasteiger charge is 2.41. The number of benzene rings is 4. The first-order valence-corrected chi connectivity index (χ1v) is 13.2. The van der Waals surface area contributed by atoms with Crippen LogP contribution in [-0.4, -0.2) is 5.78 Å². The molecule has 0 atom stereocenters. The summed E-state index contributed by atoms with van der Waals surface area (Å²) in [7, 11) is 0. The molecule has 0 saturated heterocycles. The van der Waals surface area contributed by atoms with Crippen LogP contribution in [0.1, 0.15) is 60.1 Å². The summed E-state index contributed by atoms with van der Waals surface area (Å²) < 4.78 is 1.92. The molecule has 0 bridgehead atoms. The molecule has 0 aliphatic heterocycles. The lowest BCUT2D eigenvalue weighted by molar-refractivity contribution is -0.119. The summed E-state index contributed by atoms with van der Waals surface area (Å²) >= 11 is 1.62. The van der Waals surface area contributed by atoms with Crippen molar-refractivity contribution in [1.29, 1.82) is 0 Å². The molecule has 0 aliphatic rings. The van der Waals surface area contributed by atoms with Crippen LogP contribution in [0.25, 0.3) is 20.2 Å². The van der Waals surface area contributed by atoms with Crippen LogP contribution in [0.3, 0.4) is 0 Å². The van der Waals surface area contributed by atoms with Crippen LogP contribution in [0.5, 0.6) is 0 Å². The second kappa shape index (κ2) is 9.15. The van der Waals surface area contributed by atoms with Crippen LogP contribution in [0, 0.1) is 13.8 Å². The first-order chi connectivity index (χ1) is 17.2. The van der Waals surface area contributed by atoms with Crippen molar-refractivity contribution in [3.8, 4) is 0 Å². The molecule has 0 aliphatic carbocycles. The Morgan fingerprint density at radius 3 is 1.67 bits per heavy atom. The summed E-state index contributed by atoms with van der Waals surface area (Å²) in [5.41, 5.74) is 5.06. The molecule has 0 amide bonds. The summed E-state index contributed by atoms with van der Waals surface area (Å²) in [6.07, 6.45) is 0. The Hall–Kier alpha value is -3.56. The molecule has 1 heterocycles. The van der Waals surface area contributed by atoms with Crippen LogP contribution >= 0.6 is 11.3 Å². The van der Waals surface area contributed by atoms with E-state index in [2.05, 4.69) is 26.0 Å².